The van der Waals surface area contributed by atoms with Gasteiger partial charge >= 0.3 is 0 Å². The molecule has 0 unspecified atom stereocenters. The molecule has 0 atom stereocenters. The second kappa shape index (κ2) is 7.85. The van der Waals surface area contributed by atoms with Crippen molar-refractivity contribution < 1.29 is 4.39 Å². The Morgan fingerprint density at radius 3 is 2.54 bits per heavy atom. The van der Waals surface area contributed by atoms with Crippen LogP contribution < -0.4 is 5.56 Å². The van der Waals surface area contributed by atoms with Crippen molar-refractivity contribution in [3.63, 3.8) is 0 Å². The highest BCUT2D eigenvalue weighted by atomic mass is 19.1. The molecule has 0 aliphatic rings. The van der Waals surface area contributed by atoms with Crippen molar-refractivity contribution in [3.05, 3.63) is 106 Å². The highest BCUT2D eigenvalue weighted by Crippen LogP contribution is 2.09. The maximum atomic E-state index is 13.1. The third kappa shape index (κ3) is 3.97. The van der Waals surface area contributed by atoms with Crippen molar-refractivity contribution in [1.29, 1.82) is 0 Å². The van der Waals surface area contributed by atoms with Gasteiger partial charge in [-0.05, 0) is 29.3 Å². The zero-order chi connectivity index (χ0) is 19.3. The largest absolute Gasteiger partial charge is 0.276 e. The van der Waals surface area contributed by atoms with Crippen molar-refractivity contribution in [2.24, 2.45) is 0 Å². The number of nitrogens with zero attached hydrogens (tertiary/aromatic N) is 3. The summed E-state index contributed by atoms with van der Waals surface area (Å²) in [6.07, 6.45) is 3.83. The molecule has 0 saturated heterocycles. The smallest absolute Gasteiger partial charge is 0.267 e. The monoisotopic (exact) mass is 369 g/mol. The average Bonchev–Trinajstić information content (AvgIpc) is 2.73. The van der Waals surface area contributed by atoms with Gasteiger partial charge in [-0.1, -0.05) is 54.3 Å². The summed E-state index contributed by atoms with van der Waals surface area (Å²) >= 11 is 0. The molecule has 0 bridgehead atoms. The van der Waals surface area contributed by atoms with Gasteiger partial charge in [0.25, 0.3) is 5.56 Å². The molecular formula is C23H16FN3O. The molecule has 0 fully saturated rings. The Balaban J connectivity index is 1.62. The predicted molar refractivity (Wildman–Crippen MR) is 106 cm³/mol. The fraction of sp³-hybridized carbons (Fsp3) is 0.0870. The first-order chi connectivity index (χ1) is 13.7. The Morgan fingerprint density at radius 2 is 1.75 bits per heavy atom. The molecular weight excluding hydrogens is 353 g/mol. The van der Waals surface area contributed by atoms with E-state index in [2.05, 4.69) is 21.9 Å². The second-order valence-electron chi connectivity index (χ2n) is 6.35. The summed E-state index contributed by atoms with van der Waals surface area (Å²) in [5.74, 6) is 5.86. The Hall–Kier alpha value is -3.78. The first-order valence-electron chi connectivity index (χ1n) is 8.82. The lowest BCUT2D eigenvalue weighted by Crippen LogP contribution is -2.23. The van der Waals surface area contributed by atoms with Gasteiger partial charge in [0.1, 0.15) is 5.82 Å². The van der Waals surface area contributed by atoms with Gasteiger partial charge in [-0.15, -0.1) is 0 Å². The topological polar surface area (TPSA) is 47.8 Å². The van der Waals surface area contributed by atoms with Crippen LogP contribution in [0.5, 0.6) is 0 Å². The number of pyridine rings is 1. The fourth-order valence-corrected chi connectivity index (χ4v) is 2.85. The summed E-state index contributed by atoms with van der Waals surface area (Å²) in [5, 5.41) is 4.63. The van der Waals surface area contributed by atoms with Crippen LogP contribution in [0.3, 0.4) is 0 Å². The molecule has 5 heteroatoms. The summed E-state index contributed by atoms with van der Waals surface area (Å²) < 4.78 is 14.4. The summed E-state index contributed by atoms with van der Waals surface area (Å²) in [7, 11) is 0. The Morgan fingerprint density at radius 1 is 0.964 bits per heavy atom. The molecule has 2 aromatic carbocycles. The molecule has 4 aromatic rings. The Kier molecular flexibility index (Phi) is 4.94. The molecule has 4 nitrogen and oxygen atoms in total. The van der Waals surface area contributed by atoms with Gasteiger partial charge in [0.2, 0.25) is 0 Å². The number of fused-ring (bicyclic) bond motifs is 1. The summed E-state index contributed by atoms with van der Waals surface area (Å²) in [5.41, 5.74) is 2.88. The summed E-state index contributed by atoms with van der Waals surface area (Å²) in [4.78, 5) is 17.1. The van der Waals surface area contributed by atoms with Gasteiger partial charge in [0.05, 0.1) is 23.6 Å². The van der Waals surface area contributed by atoms with Crippen molar-refractivity contribution in [1.82, 2.24) is 14.8 Å². The molecule has 136 valence electrons. The van der Waals surface area contributed by atoms with Gasteiger partial charge in [-0.3, -0.25) is 9.78 Å². The molecule has 4 rings (SSSR count). The van der Waals surface area contributed by atoms with Gasteiger partial charge in [-0.25, -0.2) is 9.07 Å². The number of halogens is 1. The normalized spacial score (nSPS) is 10.5. The van der Waals surface area contributed by atoms with E-state index >= 15 is 0 Å². The van der Waals surface area contributed by atoms with Crippen molar-refractivity contribution in [2.45, 2.75) is 13.0 Å². The van der Waals surface area contributed by atoms with E-state index in [0.29, 0.717) is 22.9 Å². The quantitative estimate of drug-likeness (QED) is 0.519. The zero-order valence-corrected chi connectivity index (χ0v) is 15.0. The van der Waals surface area contributed by atoms with E-state index < -0.39 is 0 Å². The third-order valence-corrected chi connectivity index (χ3v) is 4.32. The predicted octanol–water partition coefficient (Wildman–Crippen LogP) is 3.57. The van der Waals surface area contributed by atoms with Crippen LogP contribution in [0.15, 0.2) is 77.9 Å². The Bertz CT molecular complexity index is 1240. The minimum atomic E-state index is -0.314. The first kappa shape index (κ1) is 17.6. The van der Waals surface area contributed by atoms with E-state index in [0.717, 1.165) is 11.1 Å². The molecule has 0 N–H and O–H groups in total. The maximum Gasteiger partial charge on any atom is 0.276 e. The van der Waals surface area contributed by atoms with E-state index in [1.54, 1.807) is 30.6 Å². The van der Waals surface area contributed by atoms with Crippen LogP contribution in [0.1, 0.15) is 16.7 Å². The number of hydrogen-bond donors (Lipinski definition) is 0. The molecule has 0 aliphatic carbocycles. The van der Waals surface area contributed by atoms with E-state index in [1.807, 2.05) is 30.3 Å². The molecule has 0 amide bonds. The van der Waals surface area contributed by atoms with Crippen LogP contribution in [-0.4, -0.2) is 14.8 Å². The number of hydrogen-bond acceptors (Lipinski definition) is 3. The molecule has 0 radical (unpaired) electrons. The zero-order valence-electron chi connectivity index (χ0n) is 15.0. The fourth-order valence-electron chi connectivity index (χ4n) is 2.85. The van der Waals surface area contributed by atoms with Gasteiger partial charge in [0.15, 0.2) is 0 Å². The molecule has 0 spiro atoms. The van der Waals surface area contributed by atoms with Crippen molar-refractivity contribution >= 4 is 10.9 Å². The highest BCUT2D eigenvalue weighted by molar-refractivity contribution is 5.77. The van der Waals surface area contributed by atoms with Crippen molar-refractivity contribution in [3.8, 4) is 11.8 Å². The van der Waals surface area contributed by atoms with Crippen LogP contribution in [0.2, 0.25) is 0 Å². The summed E-state index contributed by atoms with van der Waals surface area (Å²) in [6, 6.07) is 17.7. The van der Waals surface area contributed by atoms with E-state index in [1.165, 1.54) is 16.8 Å². The van der Waals surface area contributed by atoms with Crippen LogP contribution in [0, 0.1) is 17.7 Å². The van der Waals surface area contributed by atoms with Crippen LogP contribution >= 0.6 is 0 Å². The van der Waals surface area contributed by atoms with Crippen LogP contribution in [0.4, 0.5) is 4.39 Å². The van der Waals surface area contributed by atoms with Gasteiger partial charge < -0.3 is 0 Å². The first-order valence-corrected chi connectivity index (χ1v) is 8.82. The minimum Gasteiger partial charge on any atom is -0.267 e. The van der Waals surface area contributed by atoms with Crippen molar-refractivity contribution in [2.75, 3.05) is 0 Å². The highest BCUT2D eigenvalue weighted by Gasteiger charge is 2.07. The van der Waals surface area contributed by atoms with Gasteiger partial charge in [-0.2, -0.15) is 5.10 Å². The maximum absolute atomic E-state index is 13.1. The lowest BCUT2D eigenvalue weighted by Gasteiger charge is -2.06. The van der Waals surface area contributed by atoms with E-state index in [9.17, 15) is 9.18 Å². The standard InChI is InChI=1S/C23H16FN3O/c24-20-11-9-18(10-12-20)16-27-23(28)21-13-19(14-25-22(21)15-26-27)8-4-7-17-5-2-1-3-6-17/h1-3,5-6,9-15H,7,16H2. The number of benzene rings is 2. The molecule has 0 saturated carbocycles. The molecule has 0 aliphatic heterocycles. The molecule has 2 heterocycles. The molecule has 28 heavy (non-hydrogen) atoms. The average molecular weight is 369 g/mol. The minimum absolute atomic E-state index is 0.249. The van der Waals surface area contributed by atoms with E-state index in [4.69, 9.17) is 0 Å². The third-order valence-electron chi connectivity index (χ3n) is 4.32. The SMILES string of the molecule is O=c1c2cc(C#CCc3ccccc3)cnc2cnn1Cc1ccc(F)cc1. The summed E-state index contributed by atoms with van der Waals surface area (Å²) in [6.45, 7) is 0.263. The molecule has 2 aromatic heterocycles. The van der Waals surface area contributed by atoms with Crippen LogP contribution in [-0.2, 0) is 13.0 Å². The number of rotatable bonds is 3. The lowest BCUT2D eigenvalue weighted by molar-refractivity contribution is 0.620. The van der Waals surface area contributed by atoms with Crippen LogP contribution in [0.25, 0.3) is 10.9 Å². The lowest BCUT2D eigenvalue weighted by atomic mass is 10.1. The number of aromatic nitrogens is 3. The Labute approximate surface area is 161 Å². The van der Waals surface area contributed by atoms with E-state index in [-0.39, 0.29) is 17.9 Å². The van der Waals surface area contributed by atoms with Gasteiger partial charge in [0, 0.05) is 18.2 Å². The second-order valence-corrected chi connectivity index (χ2v) is 6.35.